The Balaban J connectivity index is 1.60. The molecule has 6 nitrogen and oxygen atoms in total. The minimum absolute atomic E-state index is 0.0507. The zero-order valence-corrected chi connectivity index (χ0v) is 16.4. The summed E-state index contributed by atoms with van der Waals surface area (Å²) in [5.74, 6) is 0.407. The number of benzene rings is 1. The molecule has 1 unspecified atom stereocenters. The van der Waals surface area contributed by atoms with Crippen LogP contribution in [0.25, 0.3) is 11.0 Å². The first-order valence-electron chi connectivity index (χ1n) is 8.60. The molecule has 4 rings (SSSR count). The Labute approximate surface area is 161 Å². The van der Waals surface area contributed by atoms with Crippen molar-refractivity contribution >= 4 is 38.1 Å². The number of carbonyl (C=O) groups is 1. The van der Waals surface area contributed by atoms with Gasteiger partial charge in [0.1, 0.15) is 0 Å². The molecule has 0 bridgehead atoms. The van der Waals surface area contributed by atoms with Crippen LogP contribution in [0.3, 0.4) is 0 Å². The van der Waals surface area contributed by atoms with Crippen molar-refractivity contribution in [3.63, 3.8) is 0 Å². The molecule has 1 amide bonds. The number of para-hydroxylation sites is 1. The van der Waals surface area contributed by atoms with Crippen LogP contribution in [0.1, 0.15) is 27.1 Å². The maximum Gasteiger partial charge on any atom is 0.289 e. The number of ether oxygens (including phenoxy) is 1. The van der Waals surface area contributed by atoms with Gasteiger partial charge in [0.2, 0.25) is 0 Å². The third kappa shape index (κ3) is 3.35. The summed E-state index contributed by atoms with van der Waals surface area (Å²) in [6, 6.07) is 10.8. The van der Waals surface area contributed by atoms with Crippen molar-refractivity contribution in [1.29, 1.82) is 0 Å². The van der Waals surface area contributed by atoms with Gasteiger partial charge < -0.3 is 14.1 Å². The van der Waals surface area contributed by atoms with Crippen molar-refractivity contribution in [2.75, 3.05) is 26.0 Å². The van der Waals surface area contributed by atoms with Gasteiger partial charge in [0.25, 0.3) is 5.91 Å². The second-order valence-corrected chi connectivity index (χ2v) is 9.72. The molecule has 1 fully saturated rings. The third-order valence-electron chi connectivity index (χ3n) is 4.83. The molecule has 1 saturated heterocycles. The Hall–Kier alpha value is -2.32. The molecule has 27 heavy (non-hydrogen) atoms. The van der Waals surface area contributed by atoms with E-state index in [9.17, 15) is 13.2 Å². The average Bonchev–Trinajstić information content (AvgIpc) is 3.30. The van der Waals surface area contributed by atoms with E-state index in [0.717, 1.165) is 10.3 Å². The quantitative estimate of drug-likeness (QED) is 0.666. The summed E-state index contributed by atoms with van der Waals surface area (Å²) in [5, 5.41) is 2.10. The normalized spacial score (nSPS) is 19.7. The average molecular weight is 405 g/mol. The van der Waals surface area contributed by atoms with E-state index < -0.39 is 15.1 Å². The van der Waals surface area contributed by atoms with Gasteiger partial charge >= 0.3 is 0 Å². The molecule has 0 N–H and O–H groups in total. The molecule has 3 aromatic rings. The molecular formula is C19H19NO5S2. The molecule has 0 saturated carbocycles. The lowest BCUT2D eigenvalue weighted by Crippen LogP contribution is -2.33. The highest BCUT2D eigenvalue weighted by Crippen LogP contribution is 2.33. The predicted octanol–water partition coefficient (Wildman–Crippen LogP) is 3.50. The lowest BCUT2D eigenvalue weighted by molar-refractivity contribution is 0.0737. The number of hydrogen-bond acceptors (Lipinski definition) is 6. The van der Waals surface area contributed by atoms with Crippen molar-refractivity contribution in [2.24, 2.45) is 0 Å². The fourth-order valence-electron chi connectivity index (χ4n) is 3.40. The van der Waals surface area contributed by atoms with Crippen molar-refractivity contribution in [3.05, 3.63) is 52.4 Å². The van der Waals surface area contributed by atoms with E-state index >= 15 is 0 Å². The number of rotatable bonds is 3. The summed E-state index contributed by atoms with van der Waals surface area (Å²) in [7, 11) is -1.76. The number of amides is 1. The number of methoxy groups -OCH3 is 1. The fraction of sp³-hybridized carbons (Fsp3) is 0.316. The van der Waals surface area contributed by atoms with Gasteiger partial charge in [-0.3, -0.25) is 4.79 Å². The van der Waals surface area contributed by atoms with Crippen LogP contribution in [0.2, 0.25) is 0 Å². The van der Waals surface area contributed by atoms with Crippen LogP contribution >= 0.6 is 11.3 Å². The number of furan rings is 1. The van der Waals surface area contributed by atoms with Gasteiger partial charge in [0.15, 0.2) is 26.9 Å². The zero-order valence-electron chi connectivity index (χ0n) is 14.8. The highest BCUT2D eigenvalue weighted by Gasteiger charge is 2.34. The number of sulfone groups is 1. The lowest BCUT2D eigenvalue weighted by Gasteiger charge is -2.18. The molecule has 1 atom stereocenters. The van der Waals surface area contributed by atoms with Crippen LogP contribution in [0.15, 0.2) is 46.2 Å². The van der Waals surface area contributed by atoms with Gasteiger partial charge in [-0.1, -0.05) is 18.2 Å². The van der Waals surface area contributed by atoms with Crippen LogP contribution in [0, 0.1) is 0 Å². The molecule has 142 valence electrons. The highest BCUT2D eigenvalue weighted by atomic mass is 32.2. The minimum atomic E-state index is -3.30. The van der Waals surface area contributed by atoms with Crippen molar-refractivity contribution in [2.45, 2.75) is 11.7 Å². The number of nitrogens with zero attached hydrogens (tertiary/aromatic N) is 1. The second kappa shape index (κ2) is 7.01. The first-order valence-corrected chi connectivity index (χ1v) is 11.2. The fourth-order valence-corrected chi connectivity index (χ4v) is 6.40. The Kier molecular flexibility index (Phi) is 4.69. The summed E-state index contributed by atoms with van der Waals surface area (Å²) in [5.41, 5.74) is 0.516. The van der Waals surface area contributed by atoms with Gasteiger partial charge in [-0.25, -0.2) is 8.42 Å². The maximum absolute atomic E-state index is 12.9. The Morgan fingerprint density at radius 2 is 2.11 bits per heavy atom. The summed E-state index contributed by atoms with van der Waals surface area (Å²) in [4.78, 5) is 15.3. The molecule has 2 aromatic heterocycles. The van der Waals surface area contributed by atoms with Crippen LogP contribution in [-0.4, -0.2) is 45.2 Å². The smallest absolute Gasteiger partial charge is 0.289 e. The Bertz CT molecular complexity index is 1070. The van der Waals surface area contributed by atoms with E-state index in [1.165, 1.54) is 11.3 Å². The molecule has 8 heteroatoms. The summed E-state index contributed by atoms with van der Waals surface area (Å²) in [6.45, 7) is 0.534. The number of fused-ring (bicyclic) bond motifs is 1. The first-order chi connectivity index (χ1) is 13.0. The Morgan fingerprint density at radius 3 is 2.85 bits per heavy atom. The number of carbonyl (C=O) groups excluding carboxylic acids is 1. The summed E-state index contributed by atoms with van der Waals surface area (Å²) in [6.07, 6.45) is 0.387. The molecule has 0 aliphatic carbocycles. The first kappa shape index (κ1) is 18.1. The molecule has 1 aliphatic heterocycles. The van der Waals surface area contributed by atoms with Gasteiger partial charge in [0, 0.05) is 23.4 Å². The largest absolute Gasteiger partial charge is 0.493 e. The van der Waals surface area contributed by atoms with Gasteiger partial charge in [0.05, 0.1) is 18.1 Å². The SMILES string of the molecule is COc1cccc2cc(C(=O)N3CCC(c4cccs4)S(=O)(=O)CC3)oc12. The summed E-state index contributed by atoms with van der Waals surface area (Å²) >= 11 is 1.44. The third-order valence-corrected chi connectivity index (χ3v) is 8.07. The molecular weight excluding hydrogens is 386 g/mol. The highest BCUT2D eigenvalue weighted by molar-refractivity contribution is 7.91. The van der Waals surface area contributed by atoms with Crippen molar-refractivity contribution in [1.82, 2.24) is 4.90 Å². The van der Waals surface area contributed by atoms with E-state index in [2.05, 4.69) is 0 Å². The topological polar surface area (TPSA) is 76.8 Å². The van der Waals surface area contributed by atoms with Crippen LogP contribution in [-0.2, 0) is 9.84 Å². The molecule has 3 heterocycles. The minimum Gasteiger partial charge on any atom is -0.493 e. The van der Waals surface area contributed by atoms with E-state index in [1.807, 2.05) is 29.6 Å². The second-order valence-electron chi connectivity index (χ2n) is 6.44. The van der Waals surface area contributed by atoms with E-state index in [1.54, 1.807) is 24.1 Å². The van der Waals surface area contributed by atoms with E-state index in [0.29, 0.717) is 24.3 Å². The zero-order chi connectivity index (χ0) is 19.0. The van der Waals surface area contributed by atoms with Gasteiger partial charge in [-0.2, -0.15) is 0 Å². The standard InChI is InChI=1S/C19H19NO5S2/c1-24-14-5-2-4-13-12-15(25-18(13)14)19(21)20-8-7-17(16-6-3-10-26-16)27(22,23)11-9-20/h2-6,10,12,17H,7-9,11H2,1H3. The maximum atomic E-state index is 12.9. The molecule has 0 radical (unpaired) electrons. The predicted molar refractivity (Wildman–Crippen MR) is 104 cm³/mol. The molecule has 1 aromatic carbocycles. The van der Waals surface area contributed by atoms with E-state index in [-0.39, 0.29) is 24.0 Å². The Morgan fingerprint density at radius 1 is 1.26 bits per heavy atom. The molecule has 1 aliphatic rings. The van der Waals surface area contributed by atoms with Crippen LogP contribution in [0.4, 0.5) is 0 Å². The monoisotopic (exact) mass is 405 g/mol. The molecule has 0 spiro atoms. The van der Waals surface area contributed by atoms with Crippen molar-refractivity contribution < 1.29 is 22.4 Å². The number of hydrogen-bond donors (Lipinski definition) is 0. The number of thiophene rings is 1. The van der Waals surface area contributed by atoms with Gasteiger partial charge in [-0.05, 0) is 30.0 Å². The van der Waals surface area contributed by atoms with Gasteiger partial charge in [-0.15, -0.1) is 11.3 Å². The van der Waals surface area contributed by atoms with Crippen molar-refractivity contribution in [3.8, 4) is 5.75 Å². The lowest BCUT2D eigenvalue weighted by atomic mass is 10.2. The van der Waals surface area contributed by atoms with Crippen LogP contribution < -0.4 is 4.74 Å². The van der Waals surface area contributed by atoms with Crippen LogP contribution in [0.5, 0.6) is 5.75 Å². The van der Waals surface area contributed by atoms with E-state index in [4.69, 9.17) is 9.15 Å². The summed E-state index contributed by atoms with van der Waals surface area (Å²) < 4.78 is 36.3.